The van der Waals surface area contributed by atoms with Crippen molar-refractivity contribution in [3.8, 4) is 5.75 Å². The van der Waals surface area contributed by atoms with E-state index in [1.54, 1.807) is 7.11 Å². The molecule has 3 rings (SSSR count). The highest BCUT2D eigenvalue weighted by molar-refractivity contribution is 5.93. The monoisotopic (exact) mass is 417 g/mol. The molecule has 1 aliphatic rings. The number of amides is 1. The summed E-state index contributed by atoms with van der Waals surface area (Å²) in [4.78, 5) is 30.4. The smallest absolute Gasteiger partial charge is 0.294 e. The SMILES string of the molecule is COc1ccc2[nH]c(C)c(CC(=O)NCCCO[N+](=O)[O-])c2c1CC1CCCCC1. The van der Waals surface area contributed by atoms with Gasteiger partial charge in [-0.2, -0.15) is 0 Å². The number of rotatable bonds is 10. The molecule has 2 N–H and O–H groups in total. The zero-order valence-corrected chi connectivity index (χ0v) is 17.8. The lowest BCUT2D eigenvalue weighted by Crippen LogP contribution is -2.27. The third-order valence-corrected chi connectivity index (χ3v) is 5.96. The maximum atomic E-state index is 12.5. The van der Waals surface area contributed by atoms with Crippen molar-refractivity contribution in [3.63, 3.8) is 0 Å². The van der Waals surface area contributed by atoms with Gasteiger partial charge in [-0.25, -0.2) is 0 Å². The molecule has 0 atom stereocenters. The summed E-state index contributed by atoms with van der Waals surface area (Å²) < 4.78 is 5.69. The Kier molecular flexibility index (Phi) is 7.54. The van der Waals surface area contributed by atoms with Gasteiger partial charge in [0.2, 0.25) is 5.91 Å². The van der Waals surface area contributed by atoms with E-state index < -0.39 is 5.09 Å². The molecule has 1 fully saturated rings. The number of hydrogen-bond acceptors (Lipinski definition) is 5. The van der Waals surface area contributed by atoms with Gasteiger partial charge in [0.1, 0.15) is 5.75 Å². The Morgan fingerprint density at radius 3 is 2.73 bits per heavy atom. The van der Waals surface area contributed by atoms with Crippen LogP contribution in [0.3, 0.4) is 0 Å². The Balaban J connectivity index is 1.77. The molecule has 0 bridgehead atoms. The molecule has 0 saturated heterocycles. The van der Waals surface area contributed by atoms with E-state index in [0.29, 0.717) is 18.9 Å². The lowest BCUT2D eigenvalue weighted by Gasteiger charge is -2.23. The zero-order chi connectivity index (χ0) is 21.5. The first-order chi connectivity index (χ1) is 14.5. The summed E-state index contributed by atoms with van der Waals surface area (Å²) in [7, 11) is 1.70. The van der Waals surface area contributed by atoms with Crippen molar-refractivity contribution in [2.45, 2.75) is 58.3 Å². The molecule has 2 aromatic rings. The Bertz CT molecular complexity index is 887. The number of nitrogens with one attached hydrogen (secondary N) is 2. The van der Waals surface area contributed by atoms with E-state index >= 15 is 0 Å². The van der Waals surface area contributed by atoms with Gasteiger partial charge in [0.15, 0.2) is 0 Å². The molecule has 8 heteroatoms. The van der Waals surface area contributed by atoms with Crippen LogP contribution in [0, 0.1) is 23.0 Å². The van der Waals surface area contributed by atoms with Crippen LogP contribution in [0.2, 0.25) is 0 Å². The van der Waals surface area contributed by atoms with Gasteiger partial charge in [-0.15, -0.1) is 10.1 Å². The minimum absolute atomic E-state index is 0.0257. The fourth-order valence-electron chi connectivity index (χ4n) is 4.50. The average molecular weight is 418 g/mol. The molecule has 1 aromatic carbocycles. The van der Waals surface area contributed by atoms with Crippen LogP contribution in [-0.2, 0) is 22.5 Å². The first-order valence-corrected chi connectivity index (χ1v) is 10.7. The van der Waals surface area contributed by atoms with E-state index in [2.05, 4.69) is 15.1 Å². The zero-order valence-electron chi connectivity index (χ0n) is 17.8. The van der Waals surface area contributed by atoms with E-state index in [9.17, 15) is 14.9 Å². The number of hydrogen-bond donors (Lipinski definition) is 2. The second-order valence-electron chi connectivity index (χ2n) is 8.04. The van der Waals surface area contributed by atoms with Crippen LogP contribution in [0.1, 0.15) is 55.3 Å². The molecule has 8 nitrogen and oxygen atoms in total. The van der Waals surface area contributed by atoms with Gasteiger partial charge < -0.3 is 19.9 Å². The van der Waals surface area contributed by atoms with Crippen LogP contribution >= 0.6 is 0 Å². The normalized spacial score (nSPS) is 14.6. The number of carbonyl (C=O) groups excluding carboxylic acids is 1. The van der Waals surface area contributed by atoms with Crippen molar-refractivity contribution in [1.29, 1.82) is 0 Å². The Labute approximate surface area is 176 Å². The molecule has 164 valence electrons. The Morgan fingerprint density at radius 1 is 1.27 bits per heavy atom. The van der Waals surface area contributed by atoms with Crippen molar-refractivity contribution in [2.24, 2.45) is 5.92 Å². The van der Waals surface area contributed by atoms with E-state index in [1.165, 1.54) is 37.7 Å². The molecule has 0 aliphatic heterocycles. The number of aryl methyl sites for hydroxylation is 1. The van der Waals surface area contributed by atoms with Crippen LogP contribution in [0.15, 0.2) is 12.1 Å². The van der Waals surface area contributed by atoms with E-state index in [-0.39, 0.29) is 18.9 Å². The summed E-state index contributed by atoms with van der Waals surface area (Å²) in [5.41, 5.74) is 4.19. The quantitative estimate of drug-likeness (QED) is 0.347. The van der Waals surface area contributed by atoms with Gasteiger partial charge >= 0.3 is 0 Å². The second kappa shape index (κ2) is 10.3. The van der Waals surface area contributed by atoms with Crippen molar-refractivity contribution in [1.82, 2.24) is 10.3 Å². The Hall–Kier alpha value is -2.77. The number of carbonyl (C=O) groups is 1. The minimum atomic E-state index is -0.821. The van der Waals surface area contributed by atoms with Crippen molar-refractivity contribution in [3.05, 3.63) is 39.1 Å². The Morgan fingerprint density at radius 2 is 2.03 bits per heavy atom. The molecule has 1 amide bonds. The predicted octanol–water partition coefficient (Wildman–Crippen LogP) is 3.86. The number of methoxy groups -OCH3 is 1. The fraction of sp³-hybridized carbons (Fsp3) is 0.591. The summed E-state index contributed by atoms with van der Waals surface area (Å²) in [6.45, 7) is 2.30. The van der Waals surface area contributed by atoms with Crippen molar-refractivity contribution in [2.75, 3.05) is 20.3 Å². The largest absolute Gasteiger partial charge is 0.496 e. The molecule has 1 aliphatic carbocycles. The lowest BCUT2D eigenvalue weighted by atomic mass is 9.83. The van der Waals surface area contributed by atoms with Crippen LogP contribution in [0.5, 0.6) is 5.75 Å². The van der Waals surface area contributed by atoms with Gasteiger partial charge in [-0.3, -0.25) is 4.79 Å². The van der Waals surface area contributed by atoms with E-state index in [0.717, 1.165) is 34.3 Å². The molecule has 0 radical (unpaired) electrons. The topological polar surface area (TPSA) is 106 Å². The lowest BCUT2D eigenvalue weighted by molar-refractivity contribution is -0.757. The molecule has 30 heavy (non-hydrogen) atoms. The minimum Gasteiger partial charge on any atom is -0.496 e. The van der Waals surface area contributed by atoms with Gasteiger partial charge in [-0.1, -0.05) is 32.1 Å². The third-order valence-electron chi connectivity index (χ3n) is 5.96. The highest BCUT2D eigenvalue weighted by atomic mass is 16.9. The number of fused-ring (bicyclic) bond motifs is 1. The van der Waals surface area contributed by atoms with E-state index in [1.807, 2.05) is 19.1 Å². The van der Waals surface area contributed by atoms with Crippen molar-refractivity contribution >= 4 is 16.8 Å². The molecule has 1 heterocycles. The summed E-state index contributed by atoms with van der Waals surface area (Å²) in [5.74, 6) is 1.42. The average Bonchev–Trinajstić information content (AvgIpc) is 3.04. The number of aromatic amines is 1. The molecule has 0 spiro atoms. The molecular weight excluding hydrogens is 386 g/mol. The highest BCUT2D eigenvalue weighted by Gasteiger charge is 2.22. The number of benzene rings is 1. The van der Waals surface area contributed by atoms with Crippen molar-refractivity contribution < 1.29 is 19.5 Å². The maximum absolute atomic E-state index is 12.5. The predicted molar refractivity (Wildman–Crippen MR) is 114 cm³/mol. The highest BCUT2D eigenvalue weighted by Crippen LogP contribution is 2.37. The summed E-state index contributed by atoms with van der Waals surface area (Å²) in [6, 6.07) is 4.03. The molecule has 1 aromatic heterocycles. The molecule has 0 unspecified atom stereocenters. The van der Waals surface area contributed by atoms with Crippen LogP contribution in [0.25, 0.3) is 10.9 Å². The molecule has 1 saturated carbocycles. The number of ether oxygens (including phenoxy) is 1. The number of nitrogens with zero attached hydrogens (tertiary/aromatic N) is 1. The van der Waals surface area contributed by atoms with Gasteiger partial charge in [0, 0.05) is 28.7 Å². The van der Waals surface area contributed by atoms with Crippen LogP contribution < -0.4 is 10.1 Å². The van der Waals surface area contributed by atoms with Gasteiger partial charge in [0.05, 0.1) is 20.1 Å². The summed E-state index contributed by atoms with van der Waals surface area (Å²) in [6.07, 6.45) is 7.97. The summed E-state index contributed by atoms with van der Waals surface area (Å²) in [5, 5.41) is 13.3. The number of H-pyrrole nitrogens is 1. The van der Waals surface area contributed by atoms with Gasteiger partial charge in [0.25, 0.3) is 5.09 Å². The fourth-order valence-corrected chi connectivity index (χ4v) is 4.50. The van der Waals surface area contributed by atoms with Crippen LogP contribution in [-0.4, -0.2) is 36.2 Å². The molecular formula is C22H31N3O5. The van der Waals surface area contributed by atoms with Crippen LogP contribution in [0.4, 0.5) is 0 Å². The first kappa shape index (κ1) is 21.9. The van der Waals surface area contributed by atoms with Gasteiger partial charge in [-0.05, 0) is 43.4 Å². The third kappa shape index (κ3) is 5.43. The first-order valence-electron chi connectivity index (χ1n) is 10.7. The van der Waals surface area contributed by atoms with E-state index in [4.69, 9.17) is 4.74 Å². The maximum Gasteiger partial charge on any atom is 0.294 e. The summed E-state index contributed by atoms with van der Waals surface area (Å²) >= 11 is 0. The second-order valence-corrected chi connectivity index (χ2v) is 8.04. The standard InChI is InChI=1S/C22H31N3O5/c1-15-17(14-21(26)23-11-6-12-30-25(27)28)22-18(13-16-7-4-3-5-8-16)20(29-2)10-9-19(22)24-15/h9-10,16,24H,3-8,11-14H2,1-2H3,(H,23,26). The number of aromatic nitrogens is 1.